The maximum Gasteiger partial charge on any atom is 0.227 e. The molecule has 3 rings (SSSR count). The zero-order valence-corrected chi connectivity index (χ0v) is 13.5. The van der Waals surface area contributed by atoms with Gasteiger partial charge in [-0.1, -0.05) is 12.1 Å². The lowest BCUT2D eigenvalue weighted by atomic mass is 10.1. The number of ether oxygens (including phenoxy) is 1. The second-order valence-electron chi connectivity index (χ2n) is 5.85. The van der Waals surface area contributed by atoms with Gasteiger partial charge in [0.1, 0.15) is 6.61 Å². The third kappa shape index (κ3) is 3.01. The number of methoxy groups -OCH3 is 1. The fourth-order valence-corrected chi connectivity index (χ4v) is 2.99. The number of hydrogen-bond donors (Lipinski definition) is 0. The number of benzene rings is 1. The Bertz CT molecular complexity index is 763. The second kappa shape index (κ2) is 6.64. The van der Waals surface area contributed by atoms with Crippen molar-refractivity contribution in [2.24, 2.45) is 0 Å². The van der Waals surface area contributed by atoms with Gasteiger partial charge in [0.25, 0.3) is 0 Å². The molecule has 1 aliphatic rings. The van der Waals surface area contributed by atoms with E-state index < -0.39 is 11.6 Å². The number of hydrogen-bond acceptors (Lipinski definition) is 4. The molecule has 1 atom stereocenters. The molecule has 0 saturated heterocycles. The molecule has 0 saturated carbocycles. The molecule has 2 aromatic rings. The fraction of sp³-hybridized carbons (Fsp3) is 0.438. The van der Waals surface area contributed by atoms with Crippen molar-refractivity contribution in [2.75, 3.05) is 13.7 Å². The van der Waals surface area contributed by atoms with Crippen LogP contribution in [0.3, 0.4) is 0 Å². The van der Waals surface area contributed by atoms with Crippen molar-refractivity contribution in [3.05, 3.63) is 47.0 Å². The first-order valence-corrected chi connectivity index (χ1v) is 7.63. The van der Waals surface area contributed by atoms with Crippen molar-refractivity contribution in [1.29, 1.82) is 0 Å². The topological polar surface area (TPSA) is 60.3 Å². The summed E-state index contributed by atoms with van der Waals surface area (Å²) in [6, 6.07) is 3.83. The first-order chi connectivity index (χ1) is 11.5. The summed E-state index contributed by atoms with van der Waals surface area (Å²) < 4.78 is 34.1. The van der Waals surface area contributed by atoms with Crippen LogP contribution in [-0.2, 0) is 29.1 Å². The molecule has 0 spiro atoms. The molecule has 1 aromatic carbocycles. The van der Waals surface area contributed by atoms with Crippen molar-refractivity contribution >= 4 is 5.91 Å². The van der Waals surface area contributed by atoms with Gasteiger partial charge in [-0.15, -0.1) is 10.2 Å². The van der Waals surface area contributed by atoms with Crippen molar-refractivity contribution < 1.29 is 18.3 Å². The van der Waals surface area contributed by atoms with Gasteiger partial charge in [0, 0.05) is 19.2 Å². The Hall–Kier alpha value is -2.35. The van der Waals surface area contributed by atoms with Crippen LogP contribution in [0, 0.1) is 11.6 Å². The van der Waals surface area contributed by atoms with Crippen LogP contribution in [0.1, 0.15) is 30.2 Å². The standard InChI is InChI=1S/C16H18F2N4O2/c1-10-7-21(8-13-19-20-14(9-24-2)22(10)13)15(23)6-11-4-3-5-12(17)16(11)18/h3-5,10H,6-9H2,1-2H3/t10-/m0/s1. The third-order valence-electron chi connectivity index (χ3n) is 4.09. The summed E-state index contributed by atoms with van der Waals surface area (Å²) in [6.07, 6.45) is -0.185. The Balaban J connectivity index is 1.76. The first-order valence-electron chi connectivity index (χ1n) is 7.63. The number of amides is 1. The van der Waals surface area contributed by atoms with E-state index in [0.29, 0.717) is 24.8 Å². The minimum atomic E-state index is -0.971. The number of fused-ring (bicyclic) bond motifs is 1. The van der Waals surface area contributed by atoms with Gasteiger partial charge in [0.05, 0.1) is 19.0 Å². The summed E-state index contributed by atoms with van der Waals surface area (Å²) in [5.41, 5.74) is 0.0553. The lowest BCUT2D eigenvalue weighted by molar-refractivity contribution is -0.132. The summed E-state index contributed by atoms with van der Waals surface area (Å²) >= 11 is 0. The molecular formula is C16H18F2N4O2. The molecule has 0 N–H and O–H groups in total. The normalized spacial score (nSPS) is 17.0. The maximum atomic E-state index is 13.7. The molecule has 0 radical (unpaired) electrons. The van der Waals surface area contributed by atoms with Crippen molar-refractivity contribution in [1.82, 2.24) is 19.7 Å². The molecule has 0 unspecified atom stereocenters. The van der Waals surface area contributed by atoms with E-state index in [0.717, 1.165) is 6.07 Å². The zero-order valence-electron chi connectivity index (χ0n) is 13.5. The van der Waals surface area contributed by atoms with E-state index in [1.165, 1.54) is 12.1 Å². The van der Waals surface area contributed by atoms with E-state index >= 15 is 0 Å². The molecule has 1 aliphatic heterocycles. The van der Waals surface area contributed by atoms with Crippen LogP contribution in [0.4, 0.5) is 8.78 Å². The molecule has 128 valence electrons. The van der Waals surface area contributed by atoms with Gasteiger partial charge in [-0.2, -0.15) is 0 Å². The molecule has 0 fully saturated rings. The highest BCUT2D eigenvalue weighted by Crippen LogP contribution is 2.23. The molecule has 1 aromatic heterocycles. The minimum absolute atomic E-state index is 0.0183. The molecule has 8 heteroatoms. The van der Waals surface area contributed by atoms with Crippen LogP contribution < -0.4 is 0 Å². The molecule has 1 amide bonds. The average molecular weight is 336 g/mol. The summed E-state index contributed by atoms with van der Waals surface area (Å²) in [6.45, 7) is 3.04. The van der Waals surface area contributed by atoms with Crippen molar-refractivity contribution in [2.45, 2.75) is 32.5 Å². The lowest BCUT2D eigenvalue weighted by Gasteiger charge is -2.32. The SMILES string of the molecule is COCc1nnc2n1[C@@H](C)CN(C(=O)Cc1cccc(F)c1F)C2. The van der Waals surface area contributed by atoms with Crippen LogP contribution in [0.5, 0.6) is 0 Å². The summed E-state index contributed by atoms with van der Waals surface area (Å²) in [5, 5.41) is 8.18. The lowest BCUT2D eigenvalue weighted by Crippen LogP contribution is -2.41. The predicted octanol–water partition coefficient (Wildman–Crippen LogP) is 1.85. The number of rotatable bonds is 4. The average Bonchev–Trinajstić information content (AvgIpc) is 2.96. The highest BCUT2D eigenvalue weighted by molar-refractivity contribution is 5.79. The zero-order chi connectivity index (χ0) is 17.3. The molecule has 6 nitrogen and oxygen atoms in total. The smallest absolute Gasteiger partial charge is 0.227 e. The van der Waals surface area contributed by atoms with Crippen LogP contribution in [0.25, 0.3) is 0 Å². The third-order valence-corrected chi connectivity index (χ3v) is 4.09. The molecule has 2 heterocycles. The van der Waals surface area contributed by atoms with Gasteiger partial charge >= 0.3 is 0 Å². The summed E-state index contributed by atoms with van der Waals surface area (Å²) in [4.78, 5) is 14.1. The van der Waals surface area contributed by atoms with Crippen molar-refractivity contribution in [3.8, 4) is 0 Å². The van der Waals surface area contributed by atoms with Crippen LogP contribution >= 0.6 is 0 Å². The Labute approximate surface area is 138 Å². The Morgan fingerprint density at radius 3 is 2.92 bits per heavy atom. The van der Waals surface area contributed by atoms with E-state index in [2.05, 4.69) is 10.2 Å². The van der Waals surface area contributed by atoms with E-state index in [9.17, 15) is 13.6 Å². The highest BCUT2D eigenvalue weighted by atomic mass is 19.2. The van der Waals surface area contributed by atoms with Crippen LogP contribution in [0.15, 0.2) is 18.2 Å². The largest absolute Gasteiger partial charge is 0.377 e. The van der Waals surface area contributed by atoms with Crippen molar-refractivity contribution in [3.63, 3.8) is 0 Å². The second-order valence-corrected chi connectivity index (χ2v) is 5.85. The number of carbonyl (C=O) groups is 1. The van der Waals surface area contributed by atoms with E-state index in [1.807, 2.05) is 11.5 Å². The van der Waals surface area contributed by atoms with Gasteiger partial charge in [-0.05, 0) is 13.0 Å². The maximum absolute atomic E-state index is 13.7. The van der Waals surface area contributed by atoms with Crippen LogP contribution in [-0.4, -0.2) is 39.2 Å². The van der Waals surface area contributed by atoms with Gasteiger partial charge in [-0.3, -0.25) is 4.79 Å². The number of nitrogens with zero attached hydrogens (tertiary/aromatic N) is 4. The predicted molar refractivity (Wildman–Crippen MR) is 80.9 cm³/mol. The Kier molecular flexibility index (Phi) is 4.57. The van der Waals surface area contributed by atoms with Crippen LogP contribution in [0.2, 0.25) is 0 Å². The quantitative estimate of drug-likeness (QED) is 0.855. The molecular weight excluding hydrogens is 318 g/mol. The number of halogens is 2. The minimum Gasteiger partial charge on any atom is -0.377 e. The van der Waals surface area contributed by atoms with Gasteiger partial charge in [-0.25, -0.2) is 8.78 Å². The first kappa shape index (κ1) is 16.5. The molecule has 24 heavy (non-hydrogen) atoms. The fourth-order valence-electron chi connectivity index (χ4n) is 2.99. The monoisotopic (exact) mass is 336 g/mol. The van der Waals surface area contributed by atoms with Gasteiger partial charge in [0.2, 0.25) is 5.91 Å². The Morgan fingerprint density at radius 2 is 2.17 bits per heavy atom. The molecule has 0 bridgehead atoms. The number of carbonyl (C=O) groups excluding carboxylic acids is 1. The van der Waals surface area contributed by atoms with Gasteiger partial charge < -0.3 is 14.2 Å². The highest BCUT2D eigenvalue weighted by Gasteiger charge is 2.29. The van der Waals surface area contributed by atoms with E-state index in [1.54, 1.807) is 12.0 Å². The summed E-state index contributed by atoms with van der Waals surface area (Å²) in [7, 11) is 1.58. The summed E-state index contributed by atoms with van der Waals surface area (Å²) in [5.74, 6) is -0.816. The van der Waals surface area contributed by atoms with E-state index in [4.69, 9.17) is 4.74 Å². The van der Waals surface area contributed by atoms with E-state index in [-0.39, 0.29) is 30.5 Å². The molecule has 0 aliphatic carbocycles. The van der Waals surface area contributed by atoms with Gasteiger partial charge in [0.15, 0.2) is 23.3 Å². The number of aromatic nitrogens is 3. The Morgan fingerprint density at radius 1 is 1.38 bits per heavy atom.